The van der Waals surface area contributed by atoms with Gasteiger partial charge in [0.15, 0.2) is 0 Å². The highest BCUT2D eigenvalue weighted by Gasteiger charge is 2.20. The maximum Gasteiger partial charge on any atom is 0.0981 e. The van der Waals surface area contributed by atoms with Gasteiger partial charge in [0, 0.05) is 16.8 Å². The molecule has 2 heterocycles. The fourth-order valence-electron chi connectivity index (χ4n) is 1.78. The largest absolute Gasteiger partial charge is 0.270 e. The van der Waals surface area contributed by atoms with Crippen LogP contribution in [0.5, 0.6) is 0 Å². The van der Waals surface area contributed by atoms with E-state index < -0.39 is 0 Å². The van der Waals surface area contributed by atoms with E-state index in [9.17, 15) is 0 Å². The number of hydrogen-bond donors (Lipinski definition) is 2. The minimum Gasteiger partial charge on any atom is -0.270 e. The van der Waals surface area contributed by atoms with E-state index in [1.807, 2.05) is 11.7 Å². The van der Waals surface area contributed by atoms with Crippen molar-refractivity contribution < 1.29 is 0 Å². The molecule has 0 aliphatic carbocycles. The van der Waals surface area contributed by atoms with Gasteiger partial charge in [-0.05, 0) is 34.5 Å². The van der Waals surface area contributed by atoms with Crippen LogP contribution in [0.4, 0.5) is 0 Å². The van der Waals surface area contributed by atoms with Gasteiger partial charge < -0.3 is 0 Å². The maximum atomic E-state index is 5.68. The zero-order valence-electron chi connectivity index (χ0n) is 9.77. The number of nitrogens with zero attached hydrogens (tertiary/aromatic N) is 2. The molecular weight excluding hydrogens is 300 g/mol. The van der Waals surface area contributed by atoms with Crippen LogP contribution in [0.15, 0.2) is 22.8 Å². The lowest BCUT2D eigenvalue weighted by Gasteiger charge is -2.15. The zero-order valence-corrected chi connectivity index (χ0v) is 12.2. The average molecular weight is 315 g/mol. The molecular formula is C11H15BrN4S. The number of thiophene rings is 1. The minimum absolute atomic E-state index is 0.0258. The summed E-state index contributed by atoms with van der Waals surface area (Å²) in [6, 6.07) is 4.24. The first-order valence-electron chi connectivity index (χ1n) is 5.39. The summed E-state index contributed by atoms with van der Waals surface area (Å²) in [7, 11) is 1.92. The van der Waals surface area contributed by atoms with E-state index in [0.717, 1.165) is 16.6 Å². The number of aryl methyl sites for hydroxylation is 2. The summed E-state index contributed by atoms with van der Waals surface area (Å²) in [6.07, 6.45) is 2.84. The molecule has 1 atom stereocenters. The molecule has 2 aromatic rings. The Hall–Kier alpha value is -0.690. The molecule has 0 bridgehead atoms. The fraction of sp³-hybridized carbons (Fsp3) is 0.364. The monoisotopic (exact) mass is 314 g/mol. The molecule has 0 aromatic carbocycles. The van der Waals surface area contributed by atoms with Crippen LogP contribution in [0.2, 0.25) is 0 Å². The van der Waals surface area contributed by atoms with Gasteiger partial charge in [-0.1, -0.05) is 6.92 Å². The van der Waals surface area contributed by atoms with Crippen LogP contribution in [-0.4, -0.2) is 9.78 Å². The normalized spacial score (nSPS) is 12.9. The molecule has 2 rings (SSSR count). The Bertz CT molecular complexity index is 486. The summed E-state index contributed by atoms with van der Waals surface area (Å²) < 4.78 is 2.80. The third-order valence-corrected chi connectivity index (χ3v) is 4.60. The SMILES string of the molecule is CCc1ccc(C(NN)c2c(Br)cnn2C)s1. The van der Waals surface area contributed by atoms with Crippen LogP contribution in [0, 0.1) is 0 Å². The summed E-state index contributed by atoms with van der Waals surface area (Å²) >= 11 is 5.28. The number of nitrogens with one attached hydrogen (secondary N) is 1. The van der Waals surface area contributed by atoms with Crippen molar-refractivity contribution >= 4 is 27.3 Å². The van der Waals surface area contributed by atoms with E-state index >= 15 is 0 Å². The van der Waals surface area contributed by atoms with Crippen molar-refractivity contribution in [3.63, 3.8) is 0 Å². The summed E-state index contributed by atoms with van der Waals surface area (Å²) in [6.45, 7) is 2.15. The van der Waals surface area contributed by atoms with Crippen molar-refractivity contribution in [1.29, 1.82) is 0 Å². The van der Waals surface area contributed by atoms with Gasteiger partial charge in [0.2, 0.25) is 0 Å². The van der Waals surface area contributed by atoms with E-state index in [2.05, 4.69) is 45.5 Å². The van der Waals surface area contributed by atoms with E-state index in [4.69, 9.17) is 5.84 Å². The number of rotatable bonds is 4. The van der Waals surface area contributed by atoms with Crippen molar-refractivity contribution in [2.45, 2.75) is 19.4 Å². The molecule has 2 aromatic heterocycles. The lowest BCUT2D eigenvalue weighted by Crippen LogP contribution is -2.30. The summed E-state index contributed by atoms with van der Waals surface area (Å²) in [5.41, 5.74) is 3.90. The molecule has 0 saturated heterocycles. The van der Waals surface area contributed by atoms with Crippen LogP contribution >= 0.6 is 27.3 Å². The smallest absolute Gasteiger partial charge is 0.0981 e. The fourth-order valence-corrected chi connectivity index (χ4v) is 3.37. The average Bonchev–Trinajstić information content (AvgIpc) is 2.91. The Labute approximate surface area is 113 Å². The third-order valence-electron chi connectivity index (χ3n) is 2.69. The highest BCUT2D eigenvalue weighted by atomic mass is 79.9. The molecule has 0 aliphatic rings. The van der Waals surface area contributed by atoms with E-state index in [1.54, 1.807) is 17.5 Å². The first kappa shape index (κ1) is 12.8. The molecule has 3 N–H and O–H groups in total. The van der Waals surface area contributed by atoms with Gasteiger partial charge in [0.05, 0.1) is 22.4 Å². The predicted molar refractivity (Wildman–Crippen MR) is 73.8 cm³/mol. The molecule has 92 valence electrons. The Kier molecular flexibility index (Phi) is 3.98. The second kappa shape index (κ2) is 5.30. The Balaban J connectivity index is 2.40. The Morgan fingerprint density at radius 2 is 2.35 bits per heavy atom. The van der Waals surface area contributed by atoms with Gasteiger partial charge in [-0.3, -0.25) is 10.5 Å². The van der Waals surface area contributed by atoms with Gasteiger partial charge in [-0.25, -0.2) is 5.43 Å². The van der Waals surface area contributed by atoms with E-state index in [0.29, 0.717) is 0 Å². The van der Waals surface area contributed by atoms with Crippen LogP contribution in [0.3, 0.4) is 0 Å². The standard InChI is InChI=1S/C11H15BrN4S/c1-3-7-4-5-9(17-7)10(15-13)11-8(12)6-14-16(11)2/h4-6,10,15H,3,13H2,1-2H3. The van der Waals surface area contributed by atoms with Crippen LogP contribution in [0.1, 0.15) is 28.4 Å². The number of halogens is 1. The number of aromatic nitrogens is 2. The molecule has 17 heavy (non-hydrogen) atoms. The first-order valence-corrected chi connectivity index (χ1v) is 7.00. The molecule has 0 aliphatic heterocycles. The third kappa shape index (κ3) is 2.44. The number of nitrogens with two attached hydrogens (primary N) is 1. The Morgan fingerprint density at radius 1 is 1.59 bits per heavy atom. The summed E-state index contributed by atoms with van der Waals surface area (Å²) in [5.74, 6) is 5.68. The van der Waals surface area contributed by atoms with Crippen molar-refractivity contribution in [3.05, 3.63) is 38.3 Å². The number of hydrogen-bond acceptors (Lipinski definition) is 4. The van der Waals surface area contributed by atoms with Crippen LogP contribution < -0.4 is 11.3 Å². The molecule has 0 radical (unpaired) electrons. The summed E-state index contributed by atoms with van der Waals surface area (Å²) in [4.78, 5) is 2.56. The Morgan fingerprint density at radius 3 is 2.82 bits per heavy atom. The van der Waals surface area contributed by atoms with Crippen LogP contribution in [0.25, 0.3) is 0 Å². The highest BCUT2D eigenvalue weighted by molar-refractivity contribution is 9.10. The maximum absolute atomic E-state index is 5.68. The van der Waals surface area contributed by atoms with E-state index in [1.165, 1.54) is 9.75 Å². The molecule has 0 saturated carbocycles. The second-order valence-corrected chi connectivity index (χ2v) is 5.81. The van der Waals surface area contributed by atoms with Gasteiger partial charge >= 0.3 is 0 Å². The molecule has 0 spiro atoms. The topological polar surface area (TPSA) is 55.9 Å². The molecule has 6 heteroatoms. The lowest BCUT2D eigenvalue weighted by molar-refractivity contribution is 0.580. The van der Waals surface area contributed by atoms with Gasteiger partial charge in [-0.2, -0.15) is 5.10 Å². The molecule has 0 amide bonds. The zero-order chi connectivity index (χ0) is 12.4. The van der Waals surface area contributed by atoms with E-state index in [-0.39, 0.29) is 6.04 Å². The van der Waals surface area contributed by atoms with Crippen molar-refractivity contribution in [2.75, 3.05) is 0 Å². The predicted octanol–water partition coefficient (Wildman–Crippen LogP) is 2.36. The quantitative estimate of drug-likeness (QED) is 0.673. The highest BCUT2D eigenvalue weighted by Crippen LogP contribution is 2.31. The van der Waals surface area contributed by atoms with Crippen molar-refractivity contribution in [1.82, 2.24) is 15.2 Å². The van der Waals surface area contributed by atoms with Crippen molar-refractivity contribution in [3.8, 4) is 0 Å². The lowest BCUT2D eigenvalue weighted by atomic mass is 10.2. The van der Waals surface area contributed by atoms with Crippen LogP contribution in [-0.2, 0) is 13.5 Å². The van der Waals surface area contributed by atoms with Gasteiger partial charge in [0.25, 0.3) is 0 Å². The first-order chi connectivity index (χ1) is 8.17. The molecule has 0 fully saturated rings. The minimum atomic E-state index is -0.0258. The van der Waals surface area contributed by atoms with Gasteiger partial charge in [0.1, 0.15) is 0 Å². The number of hydrazine groups is 1. The second-order valence-electron chi connectivity index (χ2n) is 3.76. The molecule has 1 unspecified atom stereocenters. The van der Waals surface area contributed by atoms with Gasteiger partial charge in [-0.15, -0.1) is 11.3 Å². The van der Waals surface area contributed by atoms with Crippen molar-refractivity contribution in [2.24, 2.45) is 12.9 Å². The summed E-state index contributed by atoms with van der Waals surface area (Å²) in [5, 5.41) is 4.22. The molecule has 4 nitrogen and oxygen atoms in total.